The van der Waals surface area contributed by atoms with E-state index in [-0.39, 0.29) is 5.91 Å². The molecule has 1 aliphatic carbocycles. The van der Waals surface area contributed by atoms with Gasteiger partial charge in [-0.15, -0.1) is 11.3 Å². The Morgan fingerprint density at radius 2 is 2.18 bits per heavy atom. The molecule has 3 heterocycles. The minimum absolute atomic E-state index is 0.170. The van der Waals surface area contributed by atoms with Gasteiger partial charge in [-0.3, -0.25) is 14.1 Å². The zero-order valence-corrected chi connectivity index (χ0v) is 13.9. The topological polar surface area (TPSA) is 49.6 Å². The molecule has 0 aromatic carbocycles. The van der Waals surface area contributed by atoms with Crippen molar-refractivity contribution in [2.24, 2.45) is 0 Å². The summed E-state index contributed by atoms with van der Waals surface area (Å²) in [7, 11) is 0. The lowest BCUT2D eigenvalue weighted by atomic mass is 9.87. The molecule has 2 fully saturated rings. The van der Waals surface area contributed by atoms with E-state index in [0.717, 1.165) is 23.6 Å². The number of carbonyl (C=O) groups excluding carboxylic acids is 1. The van der Waals surface area contributed by atoms with Gasteiger partial charge in [0.05, 0.1) is 17.9 Å². The van der Waals surface area contributed by atoms with Crippen LogP contribution in [0.5, 0.6) is 0 Å². The molecule has 0 unspecified atom stereocenters. The molecule has 6 heteroatoms. The number of thiazole rings is 1. The maximum Gasteiger partial charge on any atom is 0.234 e. The highest BCUT2D eigenvalue weighted by Gasteiger charge is 2.36. The third-order valence-corrected chi connectivity index (χ3v) is 5.88. The summed E-state index contributed by atoms with van der Waals surface area (Å²) in [5.41, 5.74) is 2.32. The molecule has 2 aliphatic rings. The molecule has 1 aliphatic heterocycles. The van der Waals surface area contributed by atoms with Gasteiger partial charge in [-0.2, -0.15) is 0 Å². The van der Waals surface area contributed by atoms with Gasteiger partial charge in [-0.05, 0) is 26.7 Å². The highest BCUT2D eigenvalue weighted by Crippen LogP contribution is 2.28. The van der Waals surface area contributed by atoms with Crippen molar-refractivity contribution in [3.63, 3.8) is 0 Å². The Hall–Kier alpha value is -1.40. The van der Waals surface area contributed by atoms with Gasteiger partial charge >= 0.3 is 0 Å². The van der Waals surface area contributed by atoms with Crippen molar-refractivity contribution in [2.75, 3.05) is 6.54 Å². The maximum atomic E-state index is 12.0. The zero-order valence-electron chi connectivity index (χ0n) is 13.1. The van der Waals surface area contributed by atoms with E-state index in [1.807, 2.05) is 0 Å². The van der Waals surface area contributed by atoms with Gasteiger partial charge in [0, 0.05) is 29.7 Å². The van der Waals surface area contributed by atoms with Crippen molar-refractivity contribution in [1.29, 1.82) is 0 Å². The number of rotatable bonds is 2. The number of amides is 1. The van der Waals surface area contributed by atoms with Crippen LogP contribution in [0, 0.1) is 13.8 Å². The molecule has 0 radical (unpaired) electrons. The molecular weight excluding hydrogens is 296 g/mol. The first-order valence-electron chi connectivity index (χ1n) is 8.09. The zero-order chi connectivity index (χ0) is 15.3. The van der Waals surface area contributed by atoms with Crippen molar-refractivity contribution >= 4 is 22.2 Å². The average Bonchev–Trinajstić information content (AvgIpc) is 2.96. The number of carbonyl (C=O) groups is 1. The Labute approximate surface area is 134 Å². The molecule has 22 heavy (non-hydrogen) atoms. The van der Waals surface area contributed by atoms with E-state index < -0.39 is 0 Å². The Kier molecular flexibility index (Phi) is 3.46. The Morgan fingerprint density at radius 3 is 3.05 bits per heavy atom. The van der Waals surface area contributed by atoms with Crippen LogP contribution in [0.15, 0.2) is 6.20 Å². The lowest BCUT2D eigenvalue weighted by molar-refractivity contribution is -0.128. The van der Waals surface area contributed by atoms with Crippen LogP contribution < -0.4 is 5.32 Å². The molecule has 0 bridgehead atoms. The number of fused-ring (bicyclic) bond motifs is 2. The van der Waals surface area contributed by atoms with Gasteiger partial charge in [0.25, 0.3) is 0 Å². The van der Waals surface area contributed by atoms with Crippen LogP contribution in [-0.2, 0) is 11.3 Å². The monoisotopic (exact) mass is 318 g/mol. The second-order valence-electron chi connectivity index (χ2n) is 6.57. The minimum Gasteiger partial charge on any atom is -0.351 e. The highest BCUT2D eigenvalue weighted by molar-refractivity contribution is 7.17. The summed E-state index contributed by atoms with van der Waals surface area (Å²) in [6.07, 6.45) is 6.97. The normalized spacial score (nSPS) is 26.2. The van der Waals surface area contributed by atoms with Crippen LogP contribution in [0.1, 0.15) is 41.9 Å². The number of aryl methyl sites for hydroxylation is 2. The van der Waals surface area contributed by atoms with E-state index in [2.05, 4.69) is 39.6 Å². The molecule has 2 aromatic heterocycles. The molecule has 1 saturated carbocycles. The van der Waals surface area contributed by atoms with Crippen LogP contribution in [0.25, 0.3) is 4.96 Å². The first-order valence-corrected chi connectivity index (χ1v) is 8.91. The van der Waals surface area contributed by atoms with Crippen molar-refractivity contribution in [3.8, 4) is 0 Å². The van der Waals surface area contributed by atoms with E-state index in [1.54, 1.807) is 11.3 Å². The predicted molar refractivity (Wildman–Crippen MR) is 87.1 cm³/mol. The van der Waals surface area contributed by atoms with Crippen LogP contribution >= 0.6 is 11.3 Å². The van der Waals surface area contributed by atoms with Crippen LogP contribution in [-0.4, -0.2) is 38.8 Å². The number of hydrogen-bond donors (Lipinski definition) is 1. The van der Waals surface area contributed by atoms with Gasteiger partial charge in [-0.25, -0.2) is 4.98 Å². The second-order valence-corrected chi connectivity index (χ2v) is 7.78. The van der Waals surface area contributed by atoms with E-state index in [4.69, 9.17) is 0 Å². The average molecular weight is 318 g/mol. The van der Waals surface area contributed by atoms with Gasteiger partial charge in [-0.1, -0.05) is 12.8 Å². The molecule has 1 saturated heterocycles. The highest BCUT2D eigenvalue weighted by atomic mass is 32.1. The lowest BCUT2D eigenvalue weighted by Gasteiger charge is -2.43. The SMILES string of the molecule is Cc1cn2c(CN3CC(=O)N[C@H]4CCCC[C@H]43)c(C)nc2s1. The fourth-order valence-corrected chi connectivity index (χ4v) is 4.83. The standard InChI is InChI=1S/C16H22N4OS/c1-10-7-20-14(11(2)17-16(20)22-10)8-19-9-15(21)18-12-5-3-4-6-13(12)19/h7,12-13H,3-6,8-9H2,1-2H3,(H,18,21)/t12-,13+/m0/s1. The molecule has 118 valence electrons. The summed E-state index contributed by atoms with van der Waals surface area (Å²) in [6, 6.07) is 0.819. The summed E-state index contributed by atoms with van der Waals surface area (Å²) >= 11 is 1.73. The molecule has 0 spiro atoms. The number of aromatic nitrogens is 2. The summed E-state index contributed by atoms with van der Waals surface area (Å²) in [5.74, 6) is 0.170. The van der Waals surface area contributed by atoms with Crippen LogP contribution in [0.4, 0.5) is 0 Å². The fraction of sp³-hybridized carbons (Fsp3) is 0.625. The summed E-state index contributed by atoms with van der Waals surface area (Å²) in [5, 5.41) is 3.18. The number of piperazine rings is 1. The van der Waals surface area contributed by atoms with E-state index in [1.165, 1.54) is 29.8 Å². The molecule has 2 aromatic rings. The summed E-state index contributed by atoms with van der Waals surface area (Å²) in [4.78, 5) is 21.4. The predicted octanol–water partition coefficient (Wildman–Crippen LogP) is 2.26. The molecule has 5 nitrogen and oxygen atoms in total. The van der Waals surface area contributed by atoms with Gasteiger partial charge < -0.3 is 5.32 Å². The van der Waals surface area contributed by atoms with Gasteiger partial charge in [0.1, 0.15) is 0 Å². The van der Waals surface area contributed by atoms with Gasteiger partial charge in [0.15, 0.2) is 4.96 Å². The van der Waals surface area contributed by atoms with E-state index in [0.29, 0.717) is 18.6 Å². The van der Waals surface area contributed by atoms with Gasteiger partial charge in [0.2, 0.25) is 5.91 Å². The molecule has 4 rings (SSSR count). The molecule has 2 atom stereocenters. The van der Waals surface area contributed by atoms with Crippen molar-refractivity contribution in [2.45, 2.75) is 58.2 Å². The summed E-state index contributed by atoms with van der Waals surface area (Å²) < 4.78 is 2.21. The maximum absolute atomic E-state index is 12.0. The largest absolute Gasteiger partial charge is 0.351 e. The lowest BCUT2D eigenvalue weighted by Crippen LogP contribution is -2.61. The molecular formula is C16H22N4OS. The molecule has 1 amide bonds. The second kappa shape index (κ2) is 5.35. The van der Waals surface area contributed by atoms with E-state index >= 15 is 0 Å². The van der Waals surface area contributed by atoms with Crippen LogP contribution in [0.2, 0.25) is 0 Å². The molecule has 1 N–H and O–H groups in total. The number of hydrogen-bond acceptors (Lipinski definition) is 4. The minimum atomic E-state index is 0.170. The number of nitrogens with zero attached hydrogens (tertiary/aromatic N) is 3. The van der Waals surface area contributed by atoms with E-state index in [9.17, 15) is 4.79 Å². The smallest absolute Gasteiger partial charge is 0.234 e. The fourth-order valence-electron chi connectivity index (χ4n) is 3.94. The first kappa shape index (κ1) is 14.2. The van der Waals surface area contributed by atoms with Crippen molar-refractivity contribution in [1.82, 2.24) is 19.6 Å². The first-order chi connectivity index (χ1) is 10.6. The van der Waals surface area contributed by atoms with Crippen LogP contribution in [0.3, 0.4) is 0 Å². The summed E-state index contributed by atoms with van der Waals surface area (Å²) in [6.45, 7) is 5.52. The third kappa shape index (κ3) is 2.34. The van der Waals surface area contributed by atoms with Crippen molar-refractivity contribution in [3.05, 3.63) is 22.5 Å². The third-order valence-electron chi connectivity index (χ3n) is 4.99. The Bertz CT molecular complexity index is 719. The Balaban J connectivity index is 1.65. The quantitative estimate of drug-likeness (QED) is 0.924. The van der Waals surface area contributed by atoms with Crippen molar-refractivity contribution < 1.29 is 4.79 Å². The Morgan fingerprint density at radius 1 is 1.36 bits per heavy atom. The number of nitrogens with one attached hydrogen (secondary N) is 1. The number of imidazole rings is 1.